The number of hydrogen-bond acceptors (Lipinski definition) is 3. The Labute approximate surface area is 157 Å². The number of nitrogens with zero attached hydrogens (tertiary/aromatic N) is 1. The van der Waals surface area contributed by atoms with Gasteiger partial charge in [0.2, 0.25) is 0 Å². The first-order chi connectivity index (χ1) is 11.5. The van der Waals surface area contributed by atoms with E-state index in [9.17, 15) is 9.90 Å². The molecule has 1 aliphatic heterocycles. The van der Waals surface area contributed by atoms with Gasteiger partial charge in [0.15, 0.2) is 5.11 Å². The van der Waals surface area contributed by atoms with Gasteiger partial charge in [0.05, 0.1) is 6.54 Å². The quantitative estimate of drug-likeness (QED) is 0.577. The van der Waals surface area contributed by atoms with E-state index in [-0.39, 0.29) is 18.2 Å². The summed E-state index contributed by atoms with van der Waals surface area (Å²) in [6.07, 6.45) is 1.57. The average Bonchev–Trinajstić information content (AvgIpc) is 2.80. The van der Waals surface area contributed by atoms with Crippen molar-refractivity contribution in [1.82, 2.24) is 10.2 Å². The van der Waals surface area contributed by atoms with E-state index >= 15 is 0 Å². The molecule has 3 rings (SSSR count). The molecule has 0 radical (unpaired) electrons. The highest BCUT2D eigenvalue weighted by Crippen LogP contribution is 2.26. The first-order valence-corrected chi connectivity index (χ1v) is 8.60. The Morgan fingerprint density at radius 2 is 2.04 bits per heavy atom. The van der Waals surface area contributed by atoms with Gasteiger partial charge in [-0.3, -0.25) is 9.69 Å². The Balaban J connectivity index is 1.88. The number of benzene rings is 2. The number of phenolic OH excluding ortho intramolecular Hbond substituents is 1. The van der Waals surface area contributed by atoms with E-state index in [0.717, 1.165) is 10.0 Å². The van der Waals surface area contributed by atoms with Gasteiger partial charge in [0.25, 0.3) is 5.91 Å². The van der Waals surface area contributed by atoms with E-state index in [1.807, 2.05) is 18.2 Å². The summed E-state index contributed by atoms with van der Waals surface area (Å²) in [4.78, 5) is 14.0. The second-order valence-electron chi connectivity index (χ2n) is 5.17. The minimum atomic E-state index is -0.265. The standard InChI is InChI=1S/C17H12BrClN2O2S/c18-12-5-6-15(22)11(7-12)8-14-16(23)21(17(24)20-14)9-10-3-1-2-4-13(10)19/h1-8,22H,9H2,(H,20,24)/b14-8+. The molecule has 2 aromatic carbocycles. The van der Waals surface area contributed by atoms with Crippen LogP contribution in [0.2, 0.25) is 5.02 Å². The number of carbonyl (C=O) groups is 1. The van der Waals surface area contributed by atoms with E-state index in [4.69, 9.17) is 23.8 Å². The molecular formula is C17H12BrClN2O2S. The molecule has 2 aromatic rings. The molecular weight excluding hydrogens is 412 g/mol. The molecule has 2 N–H and O–H groups in total. The Morgan fingerprint density at radius 3 is 2.79 bits per heavy atom. The SMILES string of the molecule is O=C1/C(=C\c2cc(Br)ccc2O)NC(=S)N1Cc1ccccc1Cl. The van der Waals surface area contributed by atoms with Gasteiger partial charge in [-0.1, -0.05) is 45.7 Å². The van der Waals surface area contributed by atoms with Crippen LogP contribution in [0.15, 0.2) is 52.6 Å². The van der Waals surface area contributed by atoms with E-state index in [1.54, 1.807) is 30.3 Å². The lowest BCUT2D eigenvalue weighted by molar-refractivity contribution is -0.122. The summed E-state index contributed by atoms with van der Waals surface area (Å²) in [5.41, 5.74) is 1.63. The molecule has 0 aromatic heterocycles. The molecule has 0 bridgehead atoms. The normalized spacial score (nSPS) is 15.9. The summed E-state index contributed by atoms with van der Waals surface area (Å²) in [5.74, 6) is -0.185. The van der Waals surface area contributed by atoms with Crippen LogP contribution < -0.4 is 5.32 Å². The van der Waals surface area contributed by atoms with Gasteiger partial charge in [-0.15, -0.1) is 0 Å². The Hall–Kier alpha value is -1.89. The van der Waals surface area contributed by atoms with E-state index in [1.165, 1.54) is 4.90 Å². The summed E-state index contributed by atoms with van der Waals surface area (Å²) < 4.78 is 0.799. The lowest BCUT2D eigenvalue weighted by Crippen LogP contribution is -2.30. The largest absolute Gasteiger partial charge is 0.507 e. The van der Waals surface area contributed by atoms with Crippen molar-refractivity contribution < 1.29 is 9.90 Å². The molecule has 7 heteroatoms. The van der Waals surface area contributed by atoms with Crippen molar-refractivity contribution in [2.75, 3.05) is 0 Å². The Bertz CT molecular complexity index is 869. The molecule has 0 spiro atoms. The number of carbonyl (C=O) groups excluding carboxylic acids is 1. The number of hydrogen-bond donors (Lipinski definition) is 2. The first kappa shape index (κ1) is 17.0. The molecule has 4 nitrogen and oxygen atoms in total. The molecule has 1 heterocycles. The first-order valence-electron chi connectivity index (χ1n) is 7.02. The van der Waals surface area contributed by atoms with E-state index < -0.39 is 0 Å². The van der Waals surface area contributed by atoms with Crippen LogP contribution in [-0.2, 0) is 11.3 Å². The van der Waals surface area contributed by atoms with Crippen molar-refractivity contribution >= 4 is 56.8 Å². The van der Waals surface area contributed by atoms with E-state index in [2.05, 4.69) is 21.2 Å². The van der Waals surface area contributed by atoms with Crippen molar-refractivity contribution in [3.05, 3.63) is 68.8 Å². The molecule has 122 valence electrons. The second-order valence-corrected chi connectivity index (χ2v) is 6.88. The fourth-order valence-corrected chi connectivity index (χ4v) is 3.14. The molecule has 0 aliphatic carbocycles. The zero-order valence-corrected chi connectivity index (χ0v) is 15.5. The predicted molar refractivity (Wildman–Crippen MR) is 102 cm³/mol. The van der Waals surface area contributed by atoms with Gasteiger partial charge in [-0.05, 0) is 48.1 Å². The molecule has 0 atom stereocenters. The molecule has 0 unspecified atom stereocenters. The third kappa shape index (κ3) is 3.45. The van der Waals surface area contributed by atoms with Gasteiger partial charge in [-0.25, -0.2) is 0 Å². The van der Waals surface area contributed by atoms with Gasteiger partial charge in [0, 0.05) is 15.1 Å². The third-order valence-corrected chi connectivity index (χ3v) is 4.72. The van der Waals surface area contributed by atoms with Crippen molar-refractivity contribution in [2.24, 2.45) is 0 Å². The van der Waals surface area contributed by atoms with Crippen LogP contribution in [0, 0.1) is 0 Å². The molecule has 24 heavy (non-hydrogen) atoms. The number of phenols is 1. The van der Waals surface area contributed by atoms with Crippen LogP contribution in [0.5, 0.6) is 5.75 Å². The zero-order chi connectivity index (χ0) is 17.3. The van der Waals surface area contributed by atoms with Crippen LogP contribution in [0.1, 0.15) is 11.1 Å². The molecule has 1 fully saturated rings. The second kappa shape index (κ2) is 6.93. The Kier molecular flexibility index (Phi) is 4.89. The van der Waals surface area contributed by atoms with Crippen LogP contribution in [0.3, 0.4) is 0 Å². The van der Waals surface area contributed by atoms with Crippen LogP contribution in [0.25, 0.3) is 6.08 Å². The maximum Gasteiger partial charge on any atom is 0.276 e. The minimum Gasteiger partial charge on any atom is -0.507 e. The number of halogens is 2. The van der Waals surface area contributed by atoms with Crippen molar-refractivity contribution in [1.29, 1.82) is 0 Å². The summed E-state index contributed by atoms with van der Waals surface area (Å²) in [7, 11) is 0. The predicted octanol–water partition coefficient (Wildman–Crippen LogP) is 4.07. The third-order valence-electron chi connectivity index (χ3n) is 3.54. The highest BCUT2D eigenvalue weighted by molar-refractivity contribution is 9.10. The highest BCUT2D eigenvalue weighted by Gasteiger charge is 2.31. The zero-order valence-electron chi connectivity index (χ0n) is 12.3. The number of aromatic hydroxyl groups is 1. The van der Waals surface area contributed by atoms with Gasteiger partial charge in [-0.2, -0.15) is 0 Å². The summed E-state index contributed by atoms with van der Waals surface area (Å²) in [5, 5.41) is 13.7. The van der Waals surface area contributed by atoms with Crippen LogP contribution in [0.4, 0.5) is 0 Å². The average molecular weight is 424 g/mol. The summed E-state index contributed by atoms with van der Waals surface area (Å²) >= 11 is 14.7. The number of amides is 1. The van der Waals surface area contributed by atoms with Crippen molar-refractivity contribution in [3.8, 4) is 5.75 Å². The van der Waals surface area contributed by atoms with Gasteiger partial charge in [0.1, 0.15) is 11.4 Å². The number of rotatable bonds is 3. The fraction of sp³-hybridized carbons (Fsp3) is 0.0588. The smallest absolute Gasteiger partial charge is 0.276 e. The monoisotopic (exact) mass is 422 g/mol. The fourth-order valence-electron chi connectivity index (χ4n) is 2.31. The number of nitrogens with one attached hydrogen (secondary N) is 1. The van der Waals surface area contributed by atoms with Crippen molar-refractivity contribution in [3.63, 3.8) is 0 Å². The van der Waals surface area contributed by atoms with Gasteiger partial charge >= 0.3 is 0 Å². The lowest BCUT2D eigenvalue weighted by atomic mass is 10.1. The summed E-state index contributed by atoms with van der Waals surface area (Å²) in [6.45, 7) is 0.284. The maximum atomic E-state index is 12.6. The van der Waals surface area contributed by atoms with Crippen LogP contribution in [-0.4, -0.2) is 21.0 Å². The molecule has 1 aliphatic rings. The minimum absolute atomic E-state index is 0.0794. The van der Waals surface area contributed by atoms with E-state index in [0.29, 0.717) is 21.4 Å². The van der Waals surface area contributed by atoms with Crippen LogP contribution >= 0.6 is 39.7 Å². The van der Waals surface area contributed by atoms with Crippen molar-refractivity contribution in [2.45, 2.75) is 6.54 Å². The van der Waals surface area contributed by atoms with Gasteiger partial charge < -0.3 is 10.4 Å². The highest BCUT2D eigenvalue weighted by atomic mass is 79.9. The molecule has 1 amide bonds. The maximum absolute atomic E-state index is 12.6. The number of thiocarbonyl (C=S) groups is 1. The topological polar surface area (TPSA) is 52.6 Å². The molecule has 0 saturated carbocycles. The lowest BCUT2D eigenvalue weighted by Gasteiger charge is -2.14. The summed E-state index contributed by atoms with van der Waals surface area (Å²) in [6, 6.07) is 12.3. The molecule has 1 saturated heterocycles. The Morgan fingerprint density at radius 1 is 1.29 bits per heavy atom.